The first kappa shape index (κ1) is 13.9. The van der Waals surface area contributed by atoms with E-state index < -0.39 is 0 Å². The molecule has 0 fully saturated rings. The van der Waals surface area contributed by atoms with Gasteiger partial charge in [0.25, 0.3) is 0 Å². The molecule has 2 nitrogen and oxygen atoms in total. The summed E-state index contributed by atoms with van der Waals surface area (Å²) in [7, 11) is 0. The van der Waals surface area contributed by atoms with E-state index >= 15 is 0 Å². The molecule has 0 heterocycles. The number of hydrogen-bond donors (Lipinski definition) is 1. The fourth-order valence-electron chi connectivity index (χ4n) is 1.82. The van der Waals surface area contributed by atoms with Crippen LogP contribution in [-0.2, 0) is 6.42 Å². The molecule has 2 N–H and O–H groups in total. The second-order valence-electron chi connectivity index (χ2n) is 5.31. The van der Waals surface area contributed by atoms with Gasteiger partial charge < -0.3 is 5.73 Å². The SMILES string of the molecule is CC(C)Cc1cccc(C(=O)C(C)C(C)N)c1. The zero-order valence-electron chi connectivity index (χ0n) is 11.2. The van der Waals surface area contributed by atoms with Gasteiger partial charge in [0.05, 0.1) is 0 Å². The van der Waals surface area contributed by atoms with E-state index in [2.05, 4.69) is 19.9 Å². The Labute approximate surface area is 104 Å². The zero-order valence-corrected chi connectivity index (χ0v) is 11.2. The second-order valence-corrected chi connectivity index (χ2v) is 5.31. The van der Waals surface area contributed by atoms with Gasteiger partial charge in [-0.05, 0) is 30.9 Å². The quantitative estimate of drug-likeness (QED) is 0.794. The number of carbonyl (C=O) groups is 1. The lowest BCUT2D eigenvalue weighted by Gasteiger charge is -2.15. The molecule has 0 saturated carbocycles. The Hall–Kier alpha value is -1.15. The average Bonchev–Trinajstić information content (AvgIpc) is 2.26. The van der Waals surface area contributed by atoms with Crippen LogP contribution in [0.5, 0.6) is 0 Å². The molecule has 0 radical (unpaired) electrons. The normalized spacial score (nSPS) is 14.7. The largest absolute Gasteiger partial charge is 0.327 e. The number of hydrogen-bond acceptors (Lipinski definition) is 2. The molecule has 17 heavy (non-hydrogen) atoms. The highest BCUT2D eigenvalue weighted by Gasteiger charge is 2.18. The molecular formula is C15H23NO. The van der Waals surface area contributed by atoms with Gasteiger partial charge in [0.1, 0.15) is 0 Å². The van der Waals surface area contributed by atoms with Crippen LogP contribution in [0.4, 0.5) is 0 Å². The molecule has 0 aliphatic rings. The van der Waals surface area contributed by atoms with Crippen molar-refractivity contribution < 1.29 is 4.79 Å². The van der Waals surface area contributed by atoms with Gasteiger partial charge >= 0.3 is 0 Å². The van der Waals surface area contributed by atoms with Gasteiger partial charge in [0.2, 0.25) is 0 Å². The van der Waals surface area contributed by atoms with E-state index in [0.29, 0.717) is 5.92 Å². The summed E-state index contributed by atoms with van der Waals surface area (Å²) in [6.45, 7) is 8.13. The standard InChI is InChI=1S/C15H23NO/c1-10(2)8-13-6-5-7-14(9-13)15(17)11(3)12(4)16/h5-7,9-12H,8,16H2,1-4H3. The number of Topliss-reactive ketones (excluding diaryl/α,β-unsaturated/α-hetero) is 1. The van der Waals surface area contributed by atoms with Crippen molar-refractivity contribution in [2.45, 2.75) is 40.2 Å². The zero-order chi connectivity index (χ0) is 13.0. The topological polar surface area (TPSA) is 43.1 Å². The highest BCUT2D eigenvalue weighted by molar-refractivity contribution is 5.98. The lowest BCUT2D eigenvalue weighted by atomic mass is 9.92. The molecule has 0 bridgehead atoms. The minimum absolute atomic E-state index is 0.101. The molecule has 2 heteroatoms. The van der Waals surface area contributed by atoms with E-state index in [-0.39, 0.29) is 17.7 Å². The van der Waals surface area contributed by atoms with Crippen LogP contribution in [0.25, 0.3) is 0 Å². The molecular weight excluding hydrogens is 210 g/mol. The summed E-state index contributed by atoms with van der Waals surface area (Å²) >= 11 is 0. The lowest BCUT2D eigenvalue weighted by molar-refractivity contribution is 0.0917. The molecule has 0 aliphatic carbocycles. The van der Waals surface area contributed by atoms with Gasteiger partial charge in [-0.3, -0.25) is 4.79 Å². The number of rotatable bonds is 5. The second kappa shape index (κ2) is 5.97. The van der Waals surface area contributed by atoms with Crippen molar-refractivity contribution in [3.8, 4) is 0 Å². The maximum absolute atomic E-state index is 12.1. The average molecular weight is 233 g/mol. The van der Waals surface area contributed by atoms with Crippen molar-refractivity contribution in [3.63, 3.8) is 0 Å². The fourth-order valence-corrected chi connectivity index (χ4v) is 1.82. The van der Waals surface area contributed by atoms with Gasteiger partial charge in [0, 0.05) is 17.5 Å². The van der Waals surface area contributed by atoms with Gasteiger partial charge in [-0.25, -0.2) is 0 Å². The van der Waals surface area contributed by atoms with Gasteiger partial charge in [-0.2, -0.15) is 0 Å². The first-order valence-corrected chi connectivity index (χ1v) is 6.30. The van der Waals surface area contributed by atoms with Crippen LogP contribution in [0.3, 0.4) is 0 Å². The molecule has 0 spiro atoms. The molecule has 0 saturated heterocycles. The summed E-state index contributed by atoms with van der Waals surface area (Å²) in [5, 5.41) is 0. The Morgan fingerprint density at radius 3 is 2.41 bits per heavy atom. The number of ketones is 1. The van der Waals surface area contributed by atoms with E-state index in [9.17, 15) is 4.79 Å². The predicted octanol–water partition coefficient (Wildman–Crippen LogP) is 3.05. The molecule has 1 aromatic rings. The molecule has 94 valence electrons. The van der Waals surface area contributed by atoms with E-state index in [1.807, 2.05) is 32.0 Å². The Bertz CT molecular complexity index is 382. The van der Waals surface area contributed by atoms with E-state index in [4.69, 9.17) is 5.73 Å². The third-order valence-electron chi connectivity index (χ3n) is 3.06. The minimum atomic E-state index is -0.121. The predicted molar refractivity (Wildman–Crippen MR) is 72.1 cm³/mol. The maximum Gasteiger partial charge on any atom is 0.167 e. The van der Waals surface area contributed by atoms with E-state index in [1.165, 1.54) is 5.56 Å². The van der Waals surface area contributed by atoms with E-state index in [0.717, 1.165) is 12.0 Å². The Balaban J connectivity index is 2.88. The van der Waals surface area contributed by atoms with Crippen molar-refractivity contribution in [2.75, 3.05) is 0 Å². The summed E-state index contributed by atoms with van der Waals surface area (Å²) in [4.78, 5) is 12.1. The third kappa shape index (κ3) is 3.97. The van der Waals surface area contributed by atoms with Crippen LogP contribution in [0, 0.1) is 11.8 Å². The van der Waals surface area contributed by atoms with Crippen LogP contribution in [0.15, 0.2) is 24.3 Å². The van der Waals surface area contributed by atoms with Crippen LogP contribution in [-0.4, -0.2) is 11.8 Å². The number of nitrogens with two attached hydrogens (primary N) is 1. The first-order chi connectivity index (χ1) is 7.91. The van der Waals surface area contributed by atoms with Crippen LogP contribution >= 0.6 is 0 Å². The number of benzene rings is 1. The Morgan fingerprint density at radius 1 is 1.24 bits per heavy atom. The third-order valence-corrected chi connectivity index (χ3v) is 3.06. The summed E-state index contributed by atoms with van der Waals surface area (Å²) in [6, 6.07) is 7.81. The fraction of sp³-hybridized carbons (Fsp3) is 0.533. The summed E-state index contributed by atoms with van der Waals surface area (Å²) in [6.07, 6.45) is 1.01. The molecule has 2 unspecified atom stereocenters. The summed E-state index contributed by atoms with van der Waals surface area (Å²) in [5.74, 6) is 0.626. The molecule has 1 aromatic carbocycles. The van der Waals surface area contributed by atoms with E-state index in [1.54, 1.807) is 0 Å². The molecule has 0 amide bonds. The lowest BCUT2D eigenvalue weighted by Crippen LogP contribution is -2.30. The van der Waals surface area contributed by atoms with Crippen molar-refractivity contribution >= 4 is 5.78 Å². The van der Waals surface area contributed by atoms with Gasteiger partial charge in [0.15, 0.2) is 5.78 Å². The molecule has 0 aromatic heterocycles. The smallest absolute Gasteiger partial charge is 0.167 e. The van der Waals surface area contributed by atoms with Crippen molar-refractivity contribution in [2.24, 2.45) is 17.6 Å². The monoisotopic (exact) mass is 233 g/mol. The van der Waals surface area contributed by atoms with Crippen molar-refractivity contribution in [3.05, 3.63) is 35.4 Å². The van der Waals surface area contributed by atoms with Crippen LogP contribution < -0.4 is 5.73 Å². The minimum Gasteiger partial charge on any atom is -0.327 e. The first-order valence-electron chi connectivity index (χ1n) is 6.30. The van der Waals surface area contributed by atoms with Crippen LogP contribution in [0.2, 0.25) is 0 Å². The molecule has 2 atom stereocenters. The van der Waals surface area contributed by atoms with Crippen molar-refractivity contribution in [1.29, 1.82) is 0 Å². The highest BCUT2D eigenvalue weighted by atomic mass is 16.1. The van der Waals surface area contributed by atoms with Crippen molar-refractivity contribution in [1.82, 2.24) is 0 Å². The summed E-state index contributed by atoms with van der Waals surface area (Å²) < 4.78 is 0. The molecule has 1 rings (SSSR count). The summed E-state index contributed by atoms with van der Waals surface area (Å²) in [5.41, 5.74) is 7.78. The highest BCUT2D eigenvalue weighted by Crippen LogP contribution is 2.15. The Morgan fingerprint density at radius 2 is 1.88 bits per heavy atom. The van der Waals surface area contributed by atoms with Gasteiger partial charge in [-0.1, -0.05) is 39.0 Å². The molecule has 0 aliphatic heterocycles. The van der Waals surface area contributed by atoms with Gasteiger partial charge in [-0.15, -0.1) is 0 Å². The maximum atomic E-state index is 12.1. The van der Waals surface area contributed by atoms with Crippen LogP contribution in [0.1, 0.15) is 43.6 Å². The Kier molecular flexibility index (Phi) is 4.88. The number of carbonyl (C=O) groups excluding carboxylic acids is 1.